The minimum absolute atomic E-state index is 0.0603. The van der Waals surface area contributed by atoms with Gasteiger partial charge >= 0.3 is 0 Å². The van der Waals surface area contributed by atoms with Gasteiger partial charge in [-0.2, -0.15) is 0 Å². The molecule has 5 nitrogen and oxygen atoms in total. The number of ether oxygens (including phenoxy) is 1. The molecule has 0 saturated carbocycles. The normalized spacial score (nSPS) is 15.5. The molecule has 6 heteroatoms. The summed E-state index contributed by atoms with van der Waals surface area (Å²) in [5.74, 6) is 0.535. The van der Waals surface area contributed by atoms with Crippen molar-refractivity contribution in [2.24, 2.45) is 0 Å². The second-order valence-corrected chi connectivity index (χ2v) is 7.57. The molecule has 0 bridgehead atoms. The van der Waals surface area contributed by atoms with E-state index in [9.17, 15) is 9.59 Å². The third kappa shape index (κ3) is 5.26. The van der Waals surface area contributed by atoms with Gasteiger partial charge in [0.25, 0.3) is 0 Å². The van der Waals surface area contributed by atoms with Gasteiger partial charge in [-0.3, -0.25) is 9.59 Å². The fourth-order valence-corrected chi connectivity index (χ4v) is 3.35. The molecular weight excluding hydrogens is 376 g/mol. The zero-order valence-electron chi connectivity index (χ0n) is 16.2. The van der Waals surface area contributed by atoms with E-state index >= 15 is 0 Å². The van der Waals surface area contributed by atoms with Gasteiger partial charge in [0.1, 0.15) is 11.9 Å². The van der Waals surface area contributed by atoms with Crippen LogP contribution >= 0.6 is 11.6 Å². The summed E-state index contributed by atoms with van der Waals surface area (Å²) in [6.45, 7) is 4.94. The van der Waals surface area contributed by atoms with E-state index in [2.05, 4.69) is 5.32 Å². The molecule has 2 aromatic rings. The van der Waals surface area contributed by atoms with Gasteiger partial charge in [-0.25, -0.2) is 0 Å². The molecule has 0 fully saturated rings. The van der Waals surface area contributed by atoms with Crippen LogP contribution in [0.2, 0.25) is 5.02 Å². The Kier molecular flexibility index (Phi) is 6.57. The third-order valence-corrected chi connectivity index (χ3v) is 4.94. The SMILES string of the molecule is Cc1ccc2c(c1)N(C(=O)CCC(=O)NCCc1ccc(Cl)cc1)C[C@@H](C)O2. The van der Waals surface area contributed by atoms with Crippen molar-refractivity contribution in [2.75, 3.05) is 18.0 Å². The lowest BCUT2D eigenvalue weighted by atomic mass is 10.1. The number of carbonyl (C=O) groups is 2. The third-order valence-electron chi connectivity index (χ3n) is 4.69. The summed E-state index contributed by atoms with van der Waals surface area (Å²) in [6.07, 6.45) is 0.997. The number of hydrogen-bond acceptors (Lipinski definition) is 3. The van der Waals surface area contributed by atoms with E-state index in [-0.39, 0.29) is 30.8 Å². The highest BCUT2D eigenvalue weighted by Crippen LogP contribution is 2.34. The molecule has 1 aliphatic rings. The standard InChI is InChI=1S/C22H25ClN2O3/c1-15-3-8-20-19(13-15)25(14-16(2)28-20)22(27)10-9-21(26)24-12-11-17-4-6-18(23)7-5-17/h3-8,13,16H,9-12,14H2,1-2H3,(H,24,26)/t16-/m1/s1. The molecule has 0 radical (unpaired) electrons. The topological polar surface area (TPSA) is 58.6 Å². The lowest BCUT2D eigenvalue weighted by molar-refractivity contribution is -0.125. The van der Waals surface area contributed by atoms with Gasteiger partial charge < -0.3 is 15.0 Å². The number of carbonyl (C=O) groups excluding carboxylic acids is 2. The van der Waals surface area contributed by atoms with Gasteiger partial charge in [-0.1, -0.05) is 29.8 Å². The van der Waals surface area contributed by atoms with Gasteiger partial charge in [-0.05, 0) is 55.7 Å². The molecule has 2 amide bonds. The van der Waals surface area contributed by atoms with E-state index < -0.39 is 0 Å². The summed E-state index contributed by atoms with van der Waals surface area (Å²) in [7, 11) is 0. The summed E-state index contributed by atoms with van der Waals surface area (Å²) in [6, 6.07) is 13.4. The van der Waals surface area contributed by atoms with Crippen LogP contribution in [-0.2, 0) is 16.0 Å². The minimum atomic E-state index is -0.118. The number of nitrogens with zero attached hydrogens (tertiary/aromatic N) is 1. The van der Waals surface area contributed by atoms with Crippen molar-refractivity contribution in [3.05, 3.63) is 58.6 Å². The molecule has 28 heavy (non-hydrogen) atoms. The highest BCUT2D eigenvalue weighted by molar-refractivity contribution is 6.30. The van der Waals surface area contributed by atoms with Crippen LogP contribution in [0.4, 0.5) is 5.69 Å². The first-order valence-electron chi connectivity index (χ1n) is 9.51. The van der Waals surface area contributed by atoms with Crippen LogP contribution in [0.3, 0.4) is 0 Å². The van der Waals surface area contributed by atoms with E-state index in [0.29, 0.717) is 23.9 Å². The number of halogens is 1. The minimum Gasteiger partial charge on any atom is -0.487 e. The second-order valence-electron chi connectivity index (χ2n) is 7.13. The van der Waals surface area contributed by atoms with Crippen molar-refractivity contribution >= 4 is 29.1 Å². The average molecular weight is 401 g/mol. The summed E-state index contributed by atoms with van der Waals surface area (Å²) in [4.78, 5) is 26.6. The first kappa shape index (κ1) is 20.2. The molecule has 0 spiro atoms. The molecule has 1 N–H and O–H groups in total. The number of fused-ring (bicyclic) bond motifs is 1. The molecular formula is C22H25ClN2O3. The van der Waals surface area contributed by atoms with Crippen molar-refractivity contribution < 1.29 is 14.3 Å². The Labute approximate surface area is 170 Å². The summed E-state index contributed by atoms with van der Waals surface area (Å²) in [5, 5.41) is 3.57. The van der Waals surface area contributed by atoms with Crippen molar-refractivity contribution in [2.45, 2.75) is 39.2 Å². The van der Waals surface area contributed by atoms with E-state index in [4.69, 9.17) is 16.3 Å². The maximum Gasteiger partial charge on any atom is 0.227 e. The van der Waals surface area contributed by atoms with E-state index in [0.717, 1.165) is 23.2 Å². The number of nitrogens with one attached hydrogen (secondary N) is 1. The molecule has 2 aromatic carbocycles. The number of amides is 2. The zero-order valence-corrected chi connectivity index (χ0v) is 17.0. The Balaban J connectivity index is 1.49. The molecule has 0 aliphatic carbocycles. The molecule has 148 valence electrons. The predicted molar refractivity (Wildman–Crippen MR) is 111 cm³/mol. The highest BCUT2D eigenvalue weighted by Gasteiger charge is 2.27. The predicted octanol–water partition coefficient (Wildman–Crippen LogP) is 3.90. The van der Waals surface area contributed by atoms with Crippen LogP contribution in [0.1, 0.15) is 30.9 Å². The highest BCUT2D eigenvalue weighted by atomic mass is 35.5. The largest absolute Gasteiger partial charge is 0.487 e. The Morgan fingerprint density at radius 1 is 1.18 bits per heavy atom. The van der Waals surface area contributed by atoms with Gasteiger partial charge in [-0.15, -0.1) is 0 Å². The number of anilines is 1. The number of hydrogen-bond donors (Lipinski definition) is 1. The van der Waals surface area contributed by atoms with Crippen LogP contribution < -0.4 is 15.0 Å². The zero-order chi connectivity index (χ0) is 20.1. The van der Waals surface area contributed by atoms with Crippen LogP contribution in [0, 0.1) is 6.92 Å². The van der Waals surface area contributed by atoms with Crippen molar-refractivity contribution in [1.82, 2.24) is 5.32 Å². The first-order valence-corrected chi connectivity index (χ1v) is 9.89. The Bertz CT molecular complexity index is 851. The Hall–Kier alpha value is -2.53. The van der Waals surface area contributed by atoms with Crippen LogP contribution in [0.5, 0.6) is 5.75 Å². The smallest absolute Gasteiger partial charge is 0.227 e. The van der Waals surface area contributed by atoms with Gasteiger partial charge in [0.05, 0.1) is 12.2 Å². The first-order chi connectivity index (χ1) is 13.4. The quantitative estimate of drug-likeness (QED) is 0.799. The van der Waals surface area contributed by atoms with Crippen molar-refractivity contribution in [3.8, 4) is 5.75 Å². The van der Waals surface area contributed by atoms with Gasteiger partial charge in [0.2, 0.25) is 11.8 Å². The molecule has 0 unspecified atom stereocenters. The number of benzene rings is 2. The fourth-order valence-electron chi connectivity index (χ4n) is 3.22. The second kappa shape index (κ2) is 9.11. The monoisotopic (exact) mass is 400 g/mol. The van der Waals surface area contributed by atoms with Crippen LogP contribution in [-0.4, -0.2) is 31.0 Å². The molecule has 1 heterocycles. The van der Waals surface area contributed by atoms with Crippen molar-refractivity contribution in [3.63, 3.8) is 0 Å². The van der Waals surface area contributed by atoms with E-state index in [1.807, 2.05) is 56.3 Å². The molecule has 1 atom stereocenters. The van der Waals surface area contributed by atoms with E-state index in [1.54, 1.807) is 4.90 Å². The van der Waals surface area contributed by atoms with Crippen LogP contribution in [0.15, 0.2) is 42.5 Å². The number of rotatable bonds is 6. The summed E-state index contributed by atoms with van der Waals surface area (Å²) in [5.41, 5.74) is 2.95. The molecule has 0 aromatic heterocycles. The average Bonchev–Trinajstić information content (AvgIpc) is 2.67. The lowest BCUT2D eigenvalue weighted by Gasteiger charge is -2.33. The van der Waals surface area contributed by atoms with E-state index in [1.165, 1.54) is 0 Å². The summed E-state index contributed by atoms with van der Waals surface area (Å²) < 4.78 is 5.81. The summed E-state index contributed by atoms with van der Waals surface area (Å²) >= 11 is 5.87. The molecule has 1 aliphatic heterocycles. The Morgan fingerprint density at radius 3 is 2.68 bits per heavy atom. The lowest BCUT2D eigenvalue weighted by Crippen LogP contribution is -2.42. The molecule has 0 saturated heterocycles. The fraction of sp³-hybridized carbons (Fsp3) is 0.364. The maximum atomic E-state index is 12.7. The maximum absolute atomic E-state index is 12.7. The van der Waals surface area contributed by atoms with Crippen molar-refractivity contribution in [1.29, 1.82) is 0 Å². The van der Waals surface area contributed by atoms with Gasteiger partial charge in [0.15, 0.2) is 0 Å². The molecule has 3 rings (SSSR count). The van der Waals surface area contributed by atoms with Crippen LogP contribution in [0.25, 0.3) is 0 Å². The van der Waals surface area contributed by atoms with Gasteiger partial charge in [0, 0.05) is 24.4 Å². The Morgan fingerprint density at radius 2 is 1.93 bits per heavy atom. The number of aryl methyl sites for hydroxylation is 1.